The number of hydrogen-bond acceptors (Lipinski definition) is 8. The van der Waals surface area contributed by atoms with Crippen molar-refractivity contribution in [3.05, 3.63) is 53.6 Å². The molecule has 13 heteroatoms. The summed E-state index contributed by atoms with van der Waals surface area (Å²) < 4.78 is 37.3. The normalized spacial score (nSPS) is 17.8. The molecule has 1 heterocycles. The van der Waals surface area contributed by atoms with E-state index in [1.54, 1.807) is 0 Å². The Balaban J connectivity index is 0.000000540. The maximum absolute atomic E-state index is 12.5. The van der Waals surface area contributed by atoms with Crippen molar-refractivity contribution in [2.75, 3.05) is 13.1 Å². The molecule has 0 radical (unpaired) electrons. The van der Waals surface area contributed by atoms with E-state index >= 15 is 0 Å². The molecular formula is C22H23F3N2O8. The standard InChI is InChI=1S/C20H22N2O6.C2HF3O2/c23-13-5-3-12(4-6-13)19(26)22-16-11-21-9-1-2-18(16)28-20(27)15-8-7-14(24)10-17(15)25;3-2(4,5)1(6)7/h3-8,10,16,18,21,23-25H,1-2,9,11H2,(H,22,26);(H,6,7)/t16-,18-;/m1./s1. The van der Waals surface area contributed by atoms with E-state index in [4.69, 9.17) is 14.6 Å². The molecule has 1 aliphatic rings. The first kappa shape index (κ1) is 27.2. The number of hydrogen-bond donors (Lipinski definition) is 6. The fourth-order valence-electron chi connectivity index (χ4n) is 3.06. The van der Waals surface area contributed by atoms with E-state index in [1.165, 1.54) is 36.4 Å². The quantitative estimate of drug-likeness (QED) is 0.345. The van der Waals surface area contributed by atoms with Gasteiger partial charge >= 0.3 is 18.1 Å². The fourth-order valence-corrected chi connectivity index (χ4v) is 3.06. The number of carbonyl (C=O) groups is 3. The molecule has 0 saturated carbocycles. The summed E-state index contributed by atoms with van der Waals surface area (Å²) in [5, 5.41) is 41.8. The number of carbonyl (C=O) groups excluding carboxylic acids is 2. The van der Waals surface area contributed by atoms with E-state index in [0.717, 1.165) is 19.0 Å². The number of carboxylic acids is 1. The summed E-state index contributed by atoms with van der Waals surface area (Å²) in [5.74, 6) is -4.30. The van der Waals surface area contributed by atoms with E-state index in [2.05, 4.69) is 10.6 Å². The van der Waals surface area contributed by atoms with Gasteiger partial charge in [0, 0.05) is 18.2 Å². The van der Waals surface area contributed by atoms with Gasteiger partial charge in [0.1, 0.15) is 28.9 Å². The van der Waals surface area contributed by atoms with Crippen LogP contribution < -0.4 is 10.6 Å². The Kier molecular flexibility index (Phi) is 9.28. The van der Waals surface area contributed by atoms with Gasteiger partial charge in [0.15, 0.2) is 0 Å². The van der Waals surface area contributed by atoms with Crippen molar-refractivity contribution in [1.82, 2.24) is 10.6 Å². The number of benzene rings is 2. The summed E-state index contributed by atoms with van der Waals surface area (Å²) >= 11 is 0. The van der Waals surface area contributed by atoms with Crippen LogP contribution in [-0.4, -0.2) is 69.7 Å². The lowest BCUT2D eigenvalue weighted by Gasteiger charge is -2.26. The number of amides is 1. The predicted octanol–water partition coefficient (Wildman–Crippen LogP) is 2.14. The average Bonchev–Trinajstić information content (AvgIpc) is 2.98. The lowest BCUT2D eigenvalue weighted by molar-refractivity contribution is -0.192. The molecular weight excluding hydrogens is 477 g/mol. The highest BCUT2D eigenvalue weighted by Gasteiger charge is 2.38. The number of alkyl halides is 3. The lowest BCUT2D eigenvalue weighted by Crippen LogP contribution is -2.49. The van der Waals surface area contributed by atoms with Crippen LogP contribution >= 0.6 is 0 Å². The van der Waals surface area contributed by atoms with Gasteiger partial charge in [0.2, 0.25) is 0 Å². The van der Waals surface area contributed by atoms with Gasteiger partial charge in [-0.15, -0.1) is 0 Å². The molecule has 1 fully saturated rings. The van der Waals surface area contributed by atoms with Crippen LogP contribution in [-0.2, 0) is 9.53 Å². The monoisotopic (exact) mass is 500 g/mol. The van der Waals surface area contributed by atoms with Crippen LogP contribution in [0.3, 0.4) is 0 Å². The fraction of sp³-hybridized carbons (Fsp3) is 0.318. The highest BCUT2D eigenvalue weighted by Crippen LogP contribution is 2.24. The zero-order chi connectivity index (χ0) is 26.2. The lowest BCUT2D eigenvalue weighted by atomic mass is 10.1. The van der Waals surface area contributed by atoms with E-state index in [9.17, 15) is 38.1 Å². The molecule has 10 nitrogen and oxygen atoms in total. The Morgan fingerprint density at radius 2 is 1.60 bits per heavy atom. The summed E-state index contributed by atoms with van der Waals surface area (Å²) in [5.41, 5.74) is 0.321. The molecule has 0 bridgehead atoms. The van der Waals surface area contributed by atoms with Gasteiger partial charge < -0.3 is 35.8 Å². The van der Waals surface area contributed by atoms with Crippen LogP contribution in [0.15, 0.2) is 42.5 Å². The van der Waals surface area contributed by atoms with Crippen LogP contribution in [0, 0.1) is 0 Å². The summed E-state index contributed by atoms with van der Waals surface area (Å²) in [6.45, 7) is 1.15. The Morgan fingerprint density at radius 1 is 1.00 bits per heavy atom. The Hall–Kier alpha value is -4.00. The molecule has 2 aromatic rings. The van der Waals surface area contributed by atoms with Gasteiger partial charge in [0.25, 0.3) is 5.91 Å². The molecule has 6 N–H and O–H groups in total. The van der Waals surface area contributed by atoms with E-state index in [1.807, 2.05) is 0 Å². The zero-order valence-corrected chi connectivity index (χ0v) is 18.1. The van der Waals surface area contributed by atoms with Gasteiger partial charge in [-0.05, 0) is 55.8 Å². The largest absolute Gasteiger partial charge is 0.508 e. The summed E-state index contributed by atoms with van der Waals surface area (Å²) in [7, 11) is 0. The van der Waals surface area contributed by atoms with Crippen molar-refractivity contribution in [3.63, 3.8) is 0 Å². The molecule has 1 saturated heterocycles. The molecule has 3 rings (SSSR count). The third-order valence-corrected chi connectivity index (χ3v) is 4.80. The van der Waals surface area contributed by atoms with Gasteiger partial charge in [-0.3, -0.25) is 4.79 Å². The first-order valence-electron chi connectivity index (χ1n) is 10.2. The minimum absolute atomic E-state index is 0.0568. The summed E-state index contributed by atoms with van der Waals surface area (Å²) in [4.78, 5) is 33.9. The Morgan fingerprint density at radius 3 is 2.17 bits per heavy atom. The van der Waals surface area contributed by atoms with Crippen molar-refractivity contribution in [1.29, 1.82) is 0 Å². The molecule has 0 aliphatic carbocycles. The Bertz CT molecular complexity index is 1040. The van der Waals surface area contributed by atoms with Crippen LogP contribution in [0.4, 0.5) is 13.2 Å². The number of phenols is 3. The molecule has 0 aromatic heterocycles. The number of nitrogens with one attached hydrogen (secondary N) is 2. The molecule has 0 spiro atoms. The van der Waals surface area contributed by atoms with E-state index < -0.39 is 30.3 Å². The minimum atomic E-state index is -5.08. The first-order chi connectivity index (χ1) is 16.4. The highest BCUT2D eigenvalue weighted by atomic mass is 19.4. The molecule has 1 amide bonds. The second kappa shape index (κ2) is 11.9. The maximum Gasteiger partial charge on any atom is 0.490 e. The highest BCUT2D eigenvalue weighted by molar-refractivity contribution is 5.95. The summed E-state index contributed by atoms with van der Waals surface area (Å²) in [6.07, 6.45) is -4.37. The van der Waals surface area contributed by atoms with Gasteiger partial charge in [-0.1, -0.05) is 0 Å². The van der Waals surface area contributed by atoms with E-state index in [-0.39, 0.29) is 28.7 Å². The van der Waals surface area contributed by atoms with Crippen molar-refractivity contribution >= 4 is 17.8 Å². The van der Waals surface area contributed by atoms with Crippen LogP contribution in [0.2, 0.25) is 0 Å². The molecule has 0 unspecified atom stereocenters. The topological polar surface area (TPSA) is 165 Å². The second-order valence-electron chi connectivity index (χ2n) is 7.42. The molecule has 2 atom stereocenters. The van der Waals surface area contributed by atoms with Crippen molar-refractivity contribution in [3.8, 4) is 17.2 Å². The number of aliphatic carboxylic acids is 1. The number of aromatic hydroxyl groups is 3. The number of ether oxygens (including phenoxy) is 1. The van der Waals surface area contributed by atoms with E-state index in [0.29, 0.717) is 18.5 Å². The number of esters is 1. The molecule has 35 heavy (non-hydrogen) atoms. The zero-order valence-electron chi connectivity index (χ0n) is 18.1. The smallest absolute Gasteiger partial charge is 0.490 e. The first-order valence-corrected chi connectivity index (χ1v) is 10.2. The third-order valence-electron chi connectivity index (χ3n) is 4.80. The van der Waals surface area contributed by atoms with Crippen molar-refractivity contribution in [2.24, 2.45) is 0 Å². The predicted molar refractivity (Wildman–Crippen MR) is 114 cm³/mol. The van der Waals surface area contributed by atoms with Crippen LogP contribution in [0.5, 0.6) is 17.2 Å². The number of halogens is 3. The molecule has 1 aliphatic heterocycles. The van der Waals surface area contributed by atoms with Crippen LogP contribution in [0.25, 0.3) is 0 Å². The second-order valence-corrected chi connectivity index (χ2v) is 7.42. The maximum atomic E-state index is 12.5. The minimum Gasteiger partial charge on any atom is -0.508 e. The van der Waals surface area contributed by atoms with Gasteiger partial charge in [-0.25, -0.2) is 9.59 Å². The number of rotatable bonds is 4. The average molecular weight is 500 g/mol. The number of carboxylic acid groups (broad SMARTS) is 1. The van der Waals surface area contributed by atoms with Crippen molar-refractivity contribution in [2.45, 2.75) is 31.2 Å². The SMILES string of the molecule is O=C(N[C@@H]1CNCCC[C@H]1OC(=O)c1ccc(O)cc1O)c1ccc(O)cc1.O=C(O)C(F)(F)F. The Labute approximate surface area is 197 Å². The third kappa shape index (κ3) is 8.37. The van der Waals surface area contributed by atoms with Gasteiger partial charge in [0.05, 0.1) is 6.04 Å². The molecule has 2 aromatic carbocycles. The number of phenolic OH excluding ortho intramolecular Hbond substituents is 3. The molecule has 190 valence electrons. The van der Waals surface area contributed by atoms with Gasteiger partial charge in [-0.2, -0.15) is 13.2 Å². The van der Waals surface area contributed by atoms with Crippen molar-refractivity contribution < 1.29 is 52.7 Å². The van der Waals surface area contributed by atoms with Crippen LogP contribution in [0.1, 0.15) is 33.6 Å². The summed E-state index contributed by atoms with van der Waals surface area (Å²) in [6, 6.07) is 9.02.